The molecule has 1 nitrogen and oxygen atoms in total. The first-order chi connectivity index (χ1) is 6.79. The second-order valence-electron chi connectivity index (χ2n) is 2.76. The predicted molar refractivity (Wildman–Crippen MR) is 69.6 cm³/mol. The van der Waals surface area contributed by atoms with Gasteiger partial charge in [-0.15, -0.1) is 34.4 Å². The molecule has 0 bridgehead atoms. The summed E-state index contributed by atoms with van der Waals surface area (Å²) in [6.07, 6.45) is 1.09. The van der Waals surface area contributed by atoms with Gasteiger partial charge in [0, 0.05) is 12.4 Å². The molecule has 2 heterocycles. The molecule has 0 saturated carbocycles. The molecule has 0 aromatic carbocycles. The fourth-order valence-electron chi connectivity index (χ4n) is 1.04. The first-order valence-electron chi connectivity index (χ1n) is 4.34. The van der Waals surface area contributed by atoms with Crippen LogP contribution in [-0.2, 0) is 4.74 Å². The summed E-state index contributed by atoms with van der Waals surface area (Å²) in [5.74, 6) is 1.06. The van der Waals surface area contributed by atoms with Crippen molar-refractivity contribution in [1.29, 1.82) is 0 Å². The molecule has 0 radical (unpaired) electrons. The summed E-state index contributed by atoms with van der Waals surface area (Å²) in [5.41, 5.74) is 0.327. The van der Waals surface area contributed by atoms with Crippen LogP contribution >= 0.6 is 58.4 Å². The van der Waals surface area contributed by atoms with Gasteiger partial charge in [-0.05, 0) is 6.42 Å². The normalized spacial score (nSPS) is 20.8. The monoisotopic (exact) mass is 282 g/mol. The van der Waals surface area contributed by atoms with E-state index in [-0.39, 0.29) is 0 Å². The molecule has 78 valence electrons. The summed E-state index contributed by atoms with van der Waals surface area (Å²) in [7, 11) is 0. The maximum Gasteiger partial charge on any atom is 0.145 e. The highest BCUT2D eigenvalue weighted by atomic mass is 32.2. The molecule has 1 atom stereocenters. The van der Waals surface area contributed by atoms with Crippen molar-refractivity contribution >= 4 is 58.4 Å². The molecule has 0 amide bonds. The van der Waals surface area contributed by atoms with Crippen LogP contribution in [0.25, 0.3) is 0 Å². The van der Waals surface area contributed by atoms with Crippen molar-refractivity contribution in [2.75, 3.05) is 12.4 Å². The molecule has 0 unspecified atom stereocenters. The molecule has 0 aliphatic carbocycles. The van der Waals surface area contributed by atoms with Crippen molar-refractivity contribution in [3.8, 4) is 0 Å². The number of hydrogen-bond acceptors (Lipinski definition) is 6. The Kier molecular flexibility index (Phi) is 4.34. The lowest BCUT2D eigenvalue weighted by Gasteiger charge is -2.20. The minimum absolute atomic E-state index is 0.327. The van der Waals surface area contributed by atoms with Gasteiger partial charge in [-0.1, -0.05) is 30.9 Å². The number of hydrogen-bond donors (Lipinski definition) is 0. The van der Waals surface area contributed by atoms with Crippen molar-refractivity contribution in [3.63, 3.8) is 0 Å². The van der Waals surface area contributed by atoms with E-state index in [1.165, 1.54) is 8.42 Å². The Balaban J connectivity index is 2.02. The Morgan fingerprint density at radius 1 is 1.43 bits per heavy atom. The van der Waals surface area contributed by atoms with Gasteiger partial charge in [0.05, 0.1) is 8.42 Å². The third kappa shape index (κ3) is 2.74. The van der Waals surface area contributed by atoms with Gasteiger partial charge in [0.2, 0.25) is 0 Å². The molecule has 0 saturated heterocycles. The summed E-state index contributed by atoms with van der Waals surface area (Å²) >= 11 is 12.4. The lowest BCUT2D eigenvalue weighted by atomic mass is 10.5. The average Bonchev–Trinajstić information content (AvgIpc) is 2.54. The van der Waals surface area contributed by atoms with E-state index in [1.54, 1.807) is 22.7 Å². The molecule has 0 N–H and O–H groups in total. The second-order valence-corrected chi connectivity index (χ2v) is 8.70. The van der Waals surface area contributed by atoms with Gasteiger partial charge in [-0.2, -0.15) is 0 Å². The first-order valence-corrected chi connectivity index (χ1v) is 8.25. The number of rotatable bonds is 3. The average molecular weight is 283 g/mol. The van der Waals surface area contributed by atoms with E-state index in [1.807, 2.05) is 23.5 Å². The molecular weight excluding hydrogens is 272 g/mol. The van der Waals surface area contributed by atoms with E-state index in [4.69, 9.17) is 17.0 Å². The molecule has 1 aromatic heterocycles. The van der Waals surface area contributed by atoms with Crippen molar-refractivity contribution in [1.82, 2.24) is 0 Å². The van der Waals surface area contributed by atoms with Crippen LogP contribution in [0.15, 0.2) is 8.42 Å². The number of thioether (sulfide) groups is 2. The smallest absolute Gasteiger partial charge is 0.145 e. The maximum atomic E-state index is 5.72. The van der Waals surface area contributed by atoms with Gasteiger partial charge in [-0.25, -0.2) is 0 Å². The Morgan fingerprint density at radius 2 is 2.21 bits per heavy atom. The quantitative estimate of drug-likeness (QED) is 0.755. The molecule has 14 heavy (non-hydrogen) atoms. The second kappa shape index (κ2) is 5.32. The summed E-state index contributed by atoms with van der Waals surface area (Å²) < 4.78 is 9.50. The zero-order chi connectivity index (χ0) is 9.97. The van der Waals surface area contributed by atoms with Gasteiger partial charge in [0.15, 0.2) is 0 Å². The van der Waals surface area contributed by atoms with Gasteiger partial charge < -0.3 is 4.74 Å². The number of ether oxygens (including phenoxy) is 1. The Morgan fingerprint density at radius 3 is 3.00 bits per heavy atom. The molecule has 2 rings (SSSR count). The zero-order valence-corrected chi connectivity index (χ0v) is 11.7. The topological polar surface area (TPSA) is 9.23 Å². The molecule has 0 spiro atoms. The highest BCUT2D eigenvalue weighted by Crippen LogP contribution is 2.47. The summed E-state index contributed by atoms with van der Waals surface area (Å²) in [6, 6.07) is 0. The lowest BCUT2D eigenvalue weighted by molar-refractivity contribution is 0.127. The van der Waals surface area contributed by atoms with Crippen LogP contribution in [0.3, 0.4) is 0 Å². The van der Waals surface area contributed by atoms with Crippen LogP contribution in [0.2, 0.25) is 0 Å². The van der Waals surface area contributed by atoms with E-state index >= 15 is 0 Å². The molecule has 1 aliphatic heterocycles. The highest BCUT2D eigenvalue weighted by molar-refractivity contribution is 8.08. The van der Waals surface area contributed by atoms with E-state index in [0.29, 0.717) is 5.44 Å². The van der Waals surface area contributed by atoms with Crippen LogP contribution in [0.1, 0.15) is 13.3 Å². The molecule has 1 aliphatic rings. The fourth-order valence-corrected chi connectivity index (χ4v) is 7.39. The predicted octanol–water partition coefficient (Wildman–Crippen LogP) is 4.49. The molecule has 1 aromatic rings. The molecule has 6 heteroatoms. The Hall–Kier alpha value is 0.930. The van der Waals surface area contributed by atoms with E-state index < -0.39 is 0 Å². The van der Waals surface area contributed by atoms with E-state index in [9.17, 15) is 0 Å². The van der Waals surface area contributed by atoms with Crippen molar-refractivity contribution in [2.24, 2.45) is 0 Å². The van der Waals surface area contributed by atoms with Crippen molar-refractivity contribution in [3.05, 3.63) is 3.14 Å². The van der Waals surface area contributed by atoms with Gasteiger partial charge in [0.25, 0.3) is 0 Å². The van der Waals surface area contributed by atoms with Crippen LogP contribution < -0.4 is 0 Å². The standard InChI is InChI=1S/C8H10OS5/c1-2-3-9-5-4-11-6-7(12-5)14-8(10)13-6/h5H,2-4H2,1H3/t5-/m1/s1. The van der Waals surface area contributed by atoms with Crippen molar-refractivity contribution < 1.29 is 4.74 Å². The minimum atomic E-state index is 0.327. The zero-order valence-electron chi connectivity index (χ0n) is 7.65. The number of fused-ring (bicyclic) bond motifs is 1. The maximum absolute atomic E-state index is 5.72. The largest absolute Gasteiger partial charge is 0.366 e. The van der Waals surface area contributed by atoms with Gasteiger partial charge in [0.1, 0.15) is 8.57 Å². The lowest BCUT2D eigenvalue weighted by Crippen LogP contribution is -2.14. The molecule has 0 fully saturated rings. The Bertz CT molecular complexity index is 355. The van der Waals surface area contributed by atoms with Crippen molar-refractivity contribution in [2.45, 2.75) is 27.2 Å². The Labute approximate surface area is 105 Å². The first kappa shape index (κ1) is 11.4. The molecular formula is C8H10OS5. The SMILES string of the molecule is CCCO[C@H]1CSc2sc(=S)sc2S1. The third-order valence-corrected chi connectivity index (χ3v) is 7.52. The van der Waals surface area contributed by atoms with Crippen LogP contribution in [0.5, 0.6) is 0 Å². The van der Waals surface area contributed by atoms with E-state index in [2.05, 4.69) is 6.92 Å². The van der Waals surface area contributed by atoms with Crippen LogP contribution in [0, 0.1) is 3.14 Å². The van der Waals surface area contributed by atoms with Crippen LogP contribution in [-0.4, -0.2) is 17.8 Å². The summed E-state index contributed by atoms with van der Waals surface area (Å²) in [6.45, 7) is 3.00. The minimum Gasteiger partial charge on any atom is -0.366 e. The van der Waals surface area contributed by atoms with Gasteiger partial charge >= 0.3 is 0 Å². The van der Waals surface area contributed by atoms with E-state index in [0.717, 1.165) is 21.9 Å². The van der Waals surface area contributed by atoms with Crippen LogP contribution in [0.4, 0.5) is 0 Å². The fraction of sp³-hybridized carbons (Fsp3) is 0.625. The highest BCUT2D eigenvalue weighted by Gasteiger charge is 2.22. The summed E-state index contributed by atoms with van der Waals surface area (Å²) in [5, 5.41) is 0. The van der Waals surface area contributed by atoms with Gasteiger partial charge in [-0.3, -0.25) is 0 Å². The summed E-state index contributed by atoms with van der Waals surface area (Å²) in [4.78, 5) is 0. The third-order valence-electron chi connectivity index (χ3n) is 1.62.